The molecule has 0 fully saturated rings. The van der Waals surface area contributed by atoms with Crippen LogP contribution in [0.5, 0.6) is 0 Å². The lowest BCUT2D eigenvalue weighted by molar-refractivity contribution is 0.0842. The van der Waals surface area contributed by atoms with Crippen molar-refractivity contribution in [2.75, 3.05) is 13.2 Å². The van der Waals surface area contributed by atoms with Crippen molar-refractivity contribution in [2.24, 2.45) is 5.41 Å². The van der Waals surface area contributed by atoms with Crippen molar-refractivity contribution in [1.29, 1.82) is 0 Å². The number of aryl methyl sites for hydroxylation is 1. The number of hydrogen-bond donors (Lipinski definition) is 2. The first kappa shape index (κ1) is 15.0. The van der Waals surface area contributed by atoms with Gasteiger partial charge >= 0.3 is 0 Å². The van der Waals surface area contributed by atoms with Gasteiger partial charge in [-0.3, -0.25) is 4.79 Å². The van der Waals surface area contributed by atoms with Crippen LogP contribution in [-0.2, 0) is 12.8 Å². The normalized spacial score (nSPS) is 14.9. The molecule has 20 heavy (non-hydrogen) atoms. The Labute approximate surface area is 119 Å². The maximum absolute atomic E-state index is 12.3. The van der Waals surface area contributed by atoms with E-state index >= 15 is 0 Å². The molecule has 5 heteroatoms. The van der Waals surface area contributed by atoms with Gasteiger partial charge in [-0.1, -0.05) is 19.0 Å². The van der Waals surface area contributed by atoms with Crippen molar-refractivity contribution >= 4 is 5.91 Å². The van der Waals surface area contributed by atoms with Crippen molar-refractivity contribution < 1.29 is 14.4 Å². The van der Waals surface area contributed by atoms with Gasteiger partial charge in [0, 0.05) is 23.9 Å². The second-order valence-corrected chi connectivity index (χ2v) is 5.69. The Morgan fingerprint density at radius 3 is 2.70 bits per heavy atom. The largest absolute Gasteiger partial charge is 0.396 e. The first-order chi connectivity index (χ1) is 9.65. The molecule has 0 saturated carbocycles. The summed E-state index contributed by atoms with van der Waals surface area (Å²) in [6, 6.07) is 0. The van der Waals surface area contributed by atoms with Gasteiger partial charge in [-0.05, 0) is 32.1 Å². The molecule has 5 nitrogen and oxygen atoms in total. The molecule has 2 rings (SSSR count). The van der Waals surface area contributed by atoms with Gasteiger partial charge in [-0.2, -0.15) is 0 Å². The Balaban J connectivity index is 2.04. The number of nitrogens with zero attached hydrogens (tertiary/aromatic N) is 1. The maximum atomic E-state index is 12.3. The number of carbonyl (C=O) groups is 1. The standard InChI is InChI=1S/C15H24N2O3/c1-3-15(4-2,10-18)9-16-14(19)13-11-7-5-6-8-12(11)20-17-13/h18H,3-10H2,1-2H3,(H,16,19). The predicted molar refractivity (Wildman–Crippen MR) is 75.6 cm³/mol. The van der Waals surface area contributed by atoms with Gasteiger partial charge in [0.2, 0.25) is 0 Å². The number of hydrogen-bond acceptors (Lipinski definition) is 4. The van der Waals surface area contributed by atoms with E-state index in [1.807, 2.05) is 13.8 Å². The van der Waals surface area contributed by atoms with Crippen LogP contribution in [0, 0.1) is 5.41 Å². The SMILES string of the molecule is CCC(CC)(CO)CNC(=O)c1noc2c1CCCC2. The Morgan fingerprint density at radius 1 is 1.35 bits per heavy atom. The molecule has 0 radical (unpaired) electrons. The number of aliphatic hydroxyl groups excluding tert-OH is 1. The number of rotatable bonds is 6. The number of aliphatic hydroxyl groups is 1. The molecule has 0 saturated heterocycles. The zero-order valence-corrected chi connectivity index (χ0v) is 12.4. The molecular formula is C15H24N2O3. The van der Waals surface area contributed by atoms with E-state index in [4.69, 9.17) is 4.52 Å². The summed E-state index contributed by atoms with van der Waals surface area (Å²) in [6.45, 7) is 4.61. The summed E-state index contributed by atoms with van der Waals surface area (Å²) in [5.74, 6) is 0.678. The summed E-state index contributed by atoms with van der Waals surface area (Å²) in [5, 5.41) is 16.4. The zero-order valence-electron chi connectivity index (χ0n) is 12.4. The summed E-state index contributed by atoms with van der Waals surface area (Å²) in [7, 11) is 0. The molecule has 1 amide bonds. The third-order valence-corrected chi connectivity index (χ3v) is 4.62. The van der Waals surface area contributed by atoms with Crippen LogP contribution in [0.25, 0.3) is 0 Å². The third kappa shape index (κ3) is 2.87. The summed E-state index contributed by atoms with van der Waals surface area (Å²) in [5.41, 5.74) is 1.16. The van der Waals surface area contributed by atoms with Crippen molar-refractivity contribution in [3.63, 3.8) is 0 Å². The minimum Gasteiger partial charge on any atom is -0.396 e. The van der Waals surface area contributed by atoms with Crippen LogP contribution in [0.15, 0.2) is 4.52 Å². The molecule has 0 unspecified atom stereocenters. The van der Waals surface area contributed by atoms with E-state index in [9.17, 15) is 9.90 Å². The van der Waals surface area contributed by atoms with Gasteiger partial charge in [0.1, 0.15) is 5.76 Å². The van der Waals surface area contributed by atoms with Gasteiger partial charge in [-0.25, -0.2) is 0 Å². The van der Waals surface area contributed by atoms with Crippen LogP contribution < -0.4 is 5.32 Å². The molecule has 112 valence electrons. The molecule has 1 aromatic heterocycles. The first-order valence-electron chi connectivity index (χ1n) is 7.52. The van der Waals surface area contributed by atoms with Gasteiger partial charge in [-0.15, -0.1) is 0 Å². The number of carbonyl (C=O) groups excluding carboxylic acids is 1. The topological polar surface area (TPSA) is 75.4 Å². The van der Waals surface area contributed by atoms with Crippen LogP contribution in [-0.4, -0.2) is 29.3 Å². The monoisotopic (exact) mass is 280 g/mol. The highest BCUT2D eigenvalue weighted by atomic mass is 16.5. The van der Waals surface area contributed by atoms with Crippen LogP contribution in [0.1, 0.15) is 61.3 Å². The second kappa shape index (κ2) is 6.39. The fraction of sp³-hybridized carbons (Fsp3) is 0.733. The summed E-state index contributed by atoms with van der Waals surface area (Å²) < 4.78 is 5.26. The summed E-state index contributed by atoms with van der Waals surface area (Å²) >= 11 is 0. The van der Waals surface area contributed by atoms with Crippen molar-refractivity contribution in [3.05, 3.63) is 17.0 Å². The highest BCUT2D eigenvalue weighted by Crippen LogP contribution is 2.26. The molecule has 1 aromatic rings. The second-order valence-electron chi connectivity index (χ2n) is 5.69. The third-order valence-electron chi connectivity index (χ3n) is 4.62. The van der Waals surface area contributed by atoms with E-state index in [1.165, 1.54) is 0 Å². The maximum Gasteiger partial charge on any atom is 0.273 e. The fourth-order valence-corrected chi connectivity index (χ4v) is 2.69. The number of amides is 1. The van der Waals surface area contributed by atoms with Crippen LogP contribution in [0.3, 0.4) is 0 Å². The molecule has 1 aliphatic rings. The fourth-order valence-electron chi connectivity index (χ4n) is 2.69. The van der Waals surface area contributed by atoms with E-state index in [-0.39, 0.29) is 17.9 Å². The Morgan fingerprint density at radius 2 is 2.05 bits per heavy atom. The van der Waals surface area contributed by atoms with E-state index in [0.29, 0.717) is 12.2 Å². The Bertz CT molecular complexity index is 455. The van der Waals surface area contributed by atoms with Gasteiger partial charge in [0.15, 0.2) is 5.69 Å². The molecular weight excluding hydrogens is 256 g/mol. The average molecular weight is 280 g/mol. The van der Waals surface area contributed by atoms with Gasteiger partial charge < -0.3 is 14.9 Å². The van der Waals surface area contributed by atoms with Crippen molar-refractivity contribution in [2.45, 2.75) is 52.4 Å². The smallest absolute Gasteiger partial charge is 0.273 e. The molecule has 0 aromatic carbocycles. The number of aromatic nitrogens is 1. The minimum atomic E-state index is -0.237. The first-order valence-corrected chi connectivity index (χ1v) is 7.52. The van der Waals surface area contributed by atoms with Crippen molar-refractivity contribution in [3.8, 4) is 0 Å². The van der Waals surface area contributed by atoms with Crippen molar-refractivity contribution in [1.82, 2.24) is 10.5 Å². The summed E-state index contributed by atoms with van der Waals surface area (Å²) in [6.07, 6.45) is 5.59. The van der Waals surface area contributed by atoms with Gasteiger partial charge in [0.25, 0.3) is 5.91 Å². The van der Waals surface area contributed by atoms with E-state index in [1.54, 1.807) is 0 Å². The molecule has 0 bridgehead atoms. The molecule has 1 aliphatic carbocycles. The van der Waals surface area contributed by atoms with E-state index in [2.05, 4.69) is 10.5 Å². The average Bonchev–Trinajstić information content (AvgIpc) is 2.93. The zero-order chi connectivity index (χ0) is 14.6. The Kier molecular flexibility index (Phi) is 4.81. The number of nitrogens with one attached hydrogen (secondary N) is 1. The molecule has 2 N–H and O–H groups in total. The molecule has 0 spiro atoms. The van der Waals surface area contributed by atoms with Crippen LogP contribution >= 0.6 is 0 Å². The van der Waals surface area contributed by atoms with E-state index < -0.39 is 0 Å². The molecule has 0 atom stereocenters. The molecule has 1 heterocycles. The minimum absolute atomic E-state index is 0.0806. The molecule has 0 aliphatic heterocycles. The van der Waals surface area contributed by atoms with E-state index in [0.717, 1.165) is 49.8 Å². The van der Waals surface area contributed by atoms with Crippen LogP contribution in [0.4, 0.5) is 0 Å². The summed E-state index contributed by atoms with van der Waals surface area (Å²) in [4.78, 5) is 12.3. The lowest BCUT2D eigenvalue weighted by Crippen LogP contribution is -2.39. The quantitative estimate of drug-likeness (QED) is 0.836. The predicted octanol–water partition coefficient (Wildman–Crippen LogP) is 2.08. The van der Waals surface area contributed by atoms with Gasteiger partial charge in [0.05, 0.1) is 6.61 Å². The Hall–Kier alpha value is -1.36. The lowest BCUT2D eigenvalue weighted by atomic mass is 9.83. The van der Waals surface area contributed by atoms with Crippen LogP contribution in [0.2, 0.25) is 0 Å². The highest BCUT2D eigenvalue weighted by Gasteiger charge is 2.28. The number of fused-ring (bicyclic) bond motifs is 1. The lowest BCUT2D eigenvalue weighted by Gasteiger charge is -2.29. The highest BCUT2D eigenvalue weighted by molar-refractivity contribution is 5.93.